The van der Waals surface area contributed by atoms with Crippen molar-refractivity contribution in [2.45, 2.75) is 12.8 Å². The fourth-order valence-electron chi connectivity index (χ4n) is 2.52. The summed E-state index contributed by atoms with van der Waals surface area (Å²) in [7, 11) is 0. The first kappa shape index (κ1) is 9.48. The minimum absolute atomic E-state index is 0.954. The number of aryl methyl sites for hydroxylation is 2. The van der Waals surface area contributed by atoms with Crippen molar-refractivity contribution in [1.29, 1.82) is 0 Å². The summed E-state index contributed by atoms with van der Waals surface area (Å²) in [6.45, 7) is 0. The molecule has 1 aliphatic carbocycles. The van der Waals surface area contributed by atoms with E-state index in [1.54, 1.807) is 6.26 Å². The number of fused-ring (bicyclic) bond motifs is 5. The van der Waals surface area contributed by atoms with Crippen molar-refractivity contribution in [1.82, 2.24) is 9.38 Å². The molecular weight excluding hydrogens is 280 g/mol. The van der Waals surface area contributed by atoms with Crippen molar-refractivity contribution in [3.63, 3.8) is 0 Å². The number of nitrogens with zero attached hydrogens (tertiary/aromatic N) is 2. The second-order valence-electron chi connectivity index (χ2n) is 4.21. The maximum Gasteiger partial charge on any atom is 0.152 e. The van der Waals surface area contributed by atoms with Crippen LogP contribution in [0.15, 0.2) is 39.5 Å². The summed E-state index contributed by atoms with van der Waals surface area (Å²) in [4.78, 5) is 4.72. The summed E-state index contributed by atoms with van der Waals surface area (Å²) in [6, 6.07) is 6.06. The van der Waals surface area contributed by atoms with Crippen LogP contribution in [0, 0.1) is 0 Å². The van der Waals surface area contributed by atoms with E-state index in [4.69, 9.17) is 9.40 Å². The number of hydrogen-bond acceptors (Lipinski definition) is 2. The molecule has 0 radical (unpaired) electrons. The van der Waals surface area contributed by atoms with Gasteiger partial charge in [0, 0.05) is 18.2 Å². The van der Waals surface area contributed by atoms with Crippen molar-refractivity contribution in [3.8, 4) is 11.3 Å². The average Bonchev–Trinajstić information content (AvgIpc) is 2.91. The Kier molecular flexibility index (Phi) is 1.80. The smallest absolute Gasteiger partial charge is 0.152 e. The van der Waals surface area contributed by atoms with Crippen molar-refractivity contribution in [2.24, 2.45) is 0 Å². The van der Waals surface area contributed by atoms with E-state index in [9.17, 15) is 0 Å². The van der Waals surface area contributed by atoms with Gasteiger partial charge in [-0.3, -0.25) is 0 Å². The molecular formula is C13H9BrN2O. The second-order valence-corrected chi connectivity index (χ2v) is 5.07. The molecule has 0 N–H and O–H groups in total. The van der Waals surface area contributed by atoms with E-state index in [0.29, 0.717) is 0 Å². The number of rotatable bonds is 0. The molecule has 0 unspecified atom stereocenters. The monoisotopic (exact) mass is 288 g/mol. The fourth-order valence-corrected chi connectivity index (χ4v) is 2.95. The molecule has 4 rings (SSSR count). The molecule has 0 aliphatic heterocycles. The molecule has 0 spiro atoms. The fraction of sp³-hybridized carbons (Fsp3) is 0.154. The highest BCUT2D eigenvalue weighted by atomic mass is 79.9. The highest BCUT2D eigenvalue weighted by molar-refractivity contribution is 9.10. The number of aromatic nitrogens is 2. The third-order valence-electron chi connectivity index (χ3n) is 3.29. The van der Waals surface area contributed by atoms with Crippen molar-refractivity contribution in [3.05, 3.63) is 46.6 Å². The van der Waals surface area contributed by atoms with Crippen LogP contribution in [-0.4, -0.2) is 9.38 Å². The van der Waals surface area contributed by atoms with Crippen LogP contribution in [-0.2, 0) is 12.8 Å². The molecule has 3 aromatic heterocycles. The molecule has 0 amide bonds. The molecule has 1 aliphatic rings. The summed E-state index contributed by atoms with van der Waals surface area (Å²) in [5.74, 6) is 1.05. The number of hydrogen-bond donors (Lipinski definition) is 0. The predicted molar refractivity (Wildman–Crippen MR) is 68.0 cm³/mol. The Hall–Kier alpha value is -1.55. The summed E-state index contributed by atoms with van der Waals surface area (Å²) in [5, 5.41) is 0. The zero-order valence-corrected chi connectivity index (χ0v) is 10.6. The first-order valence-corrected chi connectivity index (χ1v) is 6.36. The minimum Gasteiger partial charge on any atom is -0.469 e. The standard InChI is InChI=1S/C13H9BrN2O/c14-9-2-1-6-16-10-3-4-11-8(5-7-17-11)12(10)15-13(9)16/h1-2,5-7H,3-4H2. The number of imidazole rings is 1. The molecule has 0 saturated carbocycles. The second kappa shape index (κ2) is 3.23. The van der Waals surface area contributed by atoms with E-state index >= 15 is 0 Å². The Morgan fingerprint density at radius 2 is 2.24 bits per heavy atom. The Morgan fingerprint density at radius 3 is 3.18 bits per heavy atom. The molecule has 0 fully saturated rings. The molecule has 3 heterocycles. The molecule has 4 heteroatoms. The van der Waals surface area contributed by atoms with Gasteiger partial charge in [0.25, 0.3) is 0 Å². The SMILES string of the molecule is Brc1cccn2c3c(nc12)-c1ccoc1CC3. The lowest BCUT2D eigenvalue weighted by atomic mass is 9.99. The van der Waals surface area contributed by atoms with Crippen molar-refractivity contribution < 1.29 is 4.42 Å². The highest BCUT2D eigenvalue weighted by Crippen LogP contribution is 2.35. The van der Waals surface area contributed by atoms with Gasteiger partial charge >= 0.3 is 0 Å². The number of halogens is 1. The van der Waals surface area contributed by atoms with Gasteiger partial charge in [-0.15, -0.1) is 0 Å². The van der Waals surface area contributed by atoms with Crippen molar-refractivity contribution >= 4 is 21.6 Å². The lowest BCUT2D eigenvalue weighted by Crippen LogP contribution is -2.03. The lowest BCUT2D eigenvalue weighted by Gasteiger charge is -2.10. The van der Waals surface area contributed by atoms with Gasteiger partial charge in [0.2, 0.25) is 0 Å². The molecule has 3 nitrogen and oxygen atoms in total. The van der Waals surface area contributed by atoms with Gasteiger partial charge in [-0.2, -0.15) is 0 Å². The van der Waals surface area contributed by atoms with Crippen LogP contribution in [0.4, 0.5) is 0 Å². The van der Waals surface area contributed by atoms with Crippen LogP contribution < -0.4 is 0 Å². The quantitative estimate of drug-likeness (QED) is 0.634. The summed E-state index contributed by atoms with van der Waals surface area (Å²) in [5.41, 5.74) is 4.45. The number of pyridine rings is 1. The van der Waals surface area contributed by atoms with E-state index in [1.807, 2.05) is 18.2 Å². The van der Waals surface area contributed by atoms with Gasteiger partial charge in [0.15, 0.2) is 5.65 Å². The molecule has 17 heavy (non-hydrogen) atoms. The first-order chi connectivity index (χ1) is 8.34. The molecule has 84 valence electrons. The topological polar surface area (TPSA) is 30.4 Å². The zero-order chi connectivity index (χ0) is 11.4. The van der Waals surface area contributed by atoms with E-state index < -0.39 is 0 Å². The van der Waals surface area contributed by atoms with Gasteiger partial charge < -0.3 is 8.82 Å². The van der Waals surface area contributed by atoms with Crippen LogP contribution in [0.2, 0.25) is 0 Å². The Balaban J connectivity index is 2.14. The summed E-state index contributed by atoms with van der Waals surface area (Å²) in [6.07, 6.45) is 5.75. The lowest BCUT2D eigenvalue weighted by molar-refractivity contribution is 0.506. The van der Waals surface area contributed by atoms with Crippen LogP contribution in [0.25, 0.3) is 16.9 Å². The van der Waals surface area contributed by atoms with Crippen LogP contribution in [0.5, 0.6) is 0 Å². The average molecular weight is 289 g/mol. The third-order valence-corrected chi connectivity index (χ3v) is 3.91. The normalized spacial score (nSPS) is 13.7. The maximum absolute atomic E-state index is 5.48. The summed E-state index contributed by atoms with van der Waals surface area (Å²) < 4.78 is 8.67. The Labute approximate surface area is 106 Å². The van der Waals surface area contributed by atoms with E-state index in [1.165, 1.54) is 5.69 Å². The van der Waals surface area contributed by atoms with E-state index in [2.05, 4.69) is 26.5 Å². The van der Waals surface area contributed by atoms with Crippen LogP contribution in [0.1, 0.15) is 11.5 Å². The molecule has 0 bridgehead atoms. The third kappa shape index (κ3) is 1.19. The highest BCUT2D eigenvalue weighted by Gasteiger charge is 2.23. The van der Waals surface area contributed by atoms with Crippen LogP contribution >= 0.6 is 15.9 Å². The van der Waals surface area contributed by atoms with Gasteiger partial charge in [0.05, 0.1) is 22.1 Å². The van der Waals surface area contributed by atoms with Gasteiger partial charge in [-0.25, -0.2) is 4.98 Å². The Bertz CT molecular complexity index is 726. The predicted octanol–water partition coefficient (Wildman–Crippen LogP) is 3.46. The first-order valence-electron chi connectivity index (χ1n) is 5.57. The van der Waals surface area contributed by atoms with Gasteiger partial charge in [-0.1, -0.05) is 0 Å². The minimum atomic E-state index is 0.954. The number of furan rings is 1. The molecule has 0 aromatic carbocycles. The van der Waals surface area contributed by atoms with E-state index in [-0.39, 0.29) is 0 Å². The van der Waals surface area contributed by atoms with Crippen LogP contribution in [0.3, 0.4) is 0 Å². The van der Waals surface area contributed by atoms with Gasteiger partial charge in [-0.05, 0) is 40.5 Å². The zero-order valence-electron chi connectivity index (χ0n) is 8.98. The van der Waals surface area contributed by atoms with Crippen molar-refractivity contribution in [2.75, 3.05) is 0 Å². The Morgan fingerprint density at radius 1 is 1.29 bits per heavy atom. The van der Waals surface area contributed by atoms with Gasteiger partial charge in [0.1, 0.15) is 5.76 Å². The molecule has 3 aromatic rings. The molecule has 0 saturated heterocycles. The largest absolute Gasteiger partial charge is 0.469 e. The molecule has 0 atom stereocenters. The van der Waals surface area contributed by atoms with E-state index in [0.717, 1.165) is 40.0 Å². The maximum atomic E-state index is 5.48. The summed E-state index contributed by atoms with van der Waals surface area (Å²) >= 11 is 3.55.